The molecule has 1 saturated carbocycles. The van der Waals surface area contributed by atoms with Gasteiger partial charge in [-0.1, -0.05) is 6.92 Å². The molecule has 1 aliphatic carbocycles. The van der Waals surface area contributed by atoms with E-state index in [1.165, 1.54) is 0 Å². The molecule has 2 atom stereocenters. The zero-order valence-corrected chi connectivity index (χ0v) is 7.26. The summed E-state index contributed by atoms with van der Waals surface area (Å²) < 4.78 is 5.06. The third-order valence-electron chi connectivity index (χ3n) is 3.04. The lowest BCUT2D eigenvalue weighted by molar-refractivity contribution is 0.101. The fourth-order valence-electron chi connectivity index (χ4n) is 1.86. The lowest BCUT2D eigenvalue weighted by Gasteiger charge is -2.17. The third kappa shape index (κ3) is 1.17. The highest BCUT2D eigenvalue weighted by molar-refractivity contribution is 5.12. The topological polar surface area (TPSA) is 55.5 Å². The summed E-state index contributed by atoms with van der Waals surface area (Å²) in [6.07, 6.45) is 0.987. The van der Waals surface area contributed by atoms with E-state index in [2.05, 4.69) is 6.92 Å². The highest BCUT2D eigenvalue weighted by atomic mass is 16.5. The molecule has 0 aromatic rings. The van der Waals surface area contributed by atoms with Crippen molar-refractivity contribution in [2.45, 2.75) is 13.3 Å². The number of aliphatic hydroxyl groups excluding tert-OH is 1. The predicted octanol–water partition coefficient (Wildman–Crippen LogP) is -0.0198. The maximum absolute atomic E-state index is 9.08. The molecule has 1 rings (SSSR count). The van der Waals surface area contributed by atoms with Gasteiger partial charge in [-0.2, -0.15) is 0 Å². The van der Waals surface area contributed by atoms with Crippen LogP contribution < -0.4 is 5.73 Å². The van der Waals surface area contributed by atoms with Crippen LogP contribution in [0.25, 0.3) is 0 Å². The molecule has 1 fully saturated rings. The molecule has 3 heteroatoms. The van der Waals surface area contributed by atoms with Crippen molar-refractivity contribution in [2.24, 2.45) is 16.6 Å². The van der Waals surface area contributed by atoms with Gasteiger partial charge >= 0.3 is 0 Å². The van der Waals surface area contributed by atoms with Crippen LogP contribution in [0.3, 0.4) is 0 Å². The Morgan fingerprint density at radius 3 is 2.55 bits per heavy atom. The van der Waals surface area contributed by atoms with Gasteiger partial charge in [0.1, 0.15) is 0 Å². The summed E-state index contributed by atoms with van der Waals surface area (Å²) in [6.45, 7) is 3.55. The molecule has 0 radical (unpaired) electrons. The van der Waals surface area contributed by atoms with E-state index in [9.17, 15) is 0 Å². The van der Waals surface area contributed by atoms with Gasteiger partial charge in [0.25, 0.3) is 0 Å². The second kappa shape index (κ2) is 2.73. The van der Waals surface area contributed by atoms with Crippen LogP contribution in [0, 0.1) is 10.8 Å². The number of ether oxygens (including phenoxy) is 1. The van der Waals surface area contributed by atoms with Crippen molar-refractivity contribution in [1.82, 2.24) is 0 Å². The molecule has 0 heterocycles. The van der Waals surface area contributed by atoms with Crippen molar-refractivity contribution in [3.63, 3.8) is 0 Å². The number of aliphatic hydroxyl groups is 1. The second-order valence-electron chi connectivity index (χ2n) is 3.81. The molecule has 3 nitrogen and oxygen atoms in total. The monoisotopic (exact) mass is 159 g/mol. The molecular weight excluding hydrogens is 142 g/mol. The van der Waals surface area contributed by atoms with Gasteiger partial charge in [-0.05, 0) is 6.42 Å². The Morgan fingerprint density at radius 1 is 1.64 bits per heavy atom. The second-order valence-corrected chi connectivity index (χ2v) is 3.81. The molecule has 11 heavy (non-hydrogen) atoms. The van der Waals surface area contributed by atoms with E-state index in [0.29, 0.717) is 13.2 Å². The van der Waals surface area contributed by atoms with Crippen LogP contribution in [0.5, 0.6) is 0 Å². The van der Waals surface area contributed by atoms with Crippen LogP contribution >= 0.6 is 0 Å². The fourth-order valence-corrected chi connectivity index (χ4v) is 1.86. The highest BCUT2D eigenvalue weighted by Gasteiger charge is 2.62. The normalized spacial score (nSPS) is 42.5. The van der Waals surface area contributed by atoms with Crippen molar-refractivity contribution in [3.8, 4) is 0 Å². The maximum atomic E-state index is 9.08. The Kier molecular flexibility index (Phi) is 2.23. The maximum Gasteiger partial charge on any atom is 0.0522 e. The Balaban J connectivity index is 2.53. The van der Waals surface area contributed by atoms with E-state index in [1.54, 1.807) is 7.11 Å². The summed E-state index contributed by atoms with van der Waals surface area (Å²) >= 11 is 0. The molecule has 0 spiro atoms. The minimum Gasteiger partial charge on any atom is -0.396 e. The molecule has 66 valence electrons. The van der Waals surface area contributed by atoms with Gasteiger partial charge in [-0.25, -0.2) is 0 Å². The van der Waals surface area contributed by atoms with E-state index in [0.717, 1.165) is 6.42 Å². The first-order valence-corrected chi connectivity index (χ1v) is 3.94. The van der Waals surface area contributed by atoms with Crippen molar-refractivity contribution < 1.29 is 9.84 Å². The van der Waals surface area contributed by atoms with Crippen molar-refractivity contribution >= 4 is 0 Å². The number of hydrogen-bond donors (Lipinski definition) is 2. The van der Waals surface area contributed by atoms with E-state index in [4.69, 9.17) is 15.6 Å². The molecule has 3 N–H and O–H groups in total. The van der Waals surface area contributed by atoms with Gasteiger partial charge in [0.2, 0.25) is 0 Å². The minimum atomic E-state index is -0.0526. The van der Waals surface area contributed by atoms with Crippen LogP contribution in [0.15, 0.2) is 0 Å². The predicted molar refractivity (Wildman–Crippen MR) is 43.2 cm³/mol. The molecule has 0 saturated heterocycles. The molecule has 2 unspecified atom stereocenters. The average Bonchev–Trinajstić information content (AvgIpc) is 2.58. The first-order valence-electron chi connectivity index (χ1n) is 3.94. The van der Waals surface area contributed by atoms with E-state index in [1.807, 2.05) is 0 Å². The third-order valence-corrected chi connectivity index (χ3v) is 3.04. The average molecular weight is 159 g/mol. The van der Waals surface area contributed by atoms with Crippen molar-refractivity contribution in [2.75, 3.05) is 26.9 Å². The zero-order chi connectivity index (χ0) is 8.54. The fraction of sp³-hybridized carbons (Fsp3) is 1.00. The van der Waals surface area contributed by atoms with Crippen LogP contribution in [-0.2, 0) is 4.74 Å². The Morgan fingerprint density at radius 2 is 2.27 bits per heavy atom. The van der Waals surface area contributed by atoms with Gasteiger partial charge in [-0.3, -0.25) is 0 Å². The summed E-state index contributed by atoms with van der Waals surface area (Å²) in [5.74, 6) is 0. The van der Waals surface area contributed by atoms with Crippen LogP contribution in [0.1, 0.15) is 13.3 Å². The molecule has 0 amide bonds. The van der Waals surface area contributed by atoms with Crippen LogP contribution in [0.2, 0.25) is 0 Å². The summed E-state index contributed by atoms with van der Waals surface area (Å²) in [6, 6.07) is 0. The standard InChI is InChI=1S/C8H17NO2/c1-7(6-11-2)3-8(7,4-9)5-10/h10H,3-6,9H2,1-2H3. The summed E-state index contributed by atoms with van der Waals surface area (Å²) in [4.78, 5) is 0. The van der Waals surface area contributed by atoms with E-state index >= 15 is 0 Å². The van der Waals surface area contributed by atoms with E-state index < -0.39 is 0 Å². The summed E-state index contributed by atoms with van der Waals surface area (Å²) in [5, 5.41) is 9.08. The van der Waals surface area contributed by atoms with Gasteiger partial charge in [0.15, 0.2) is 0 Å². The van der Waals surface area contributed by atoms with Crippen molar-refractivity contribution in [3.05, 3.63) is 0 Å². The molecule has 0 aromatic carbocycles. The van der Waals surface area contributed by atoms with Crippen LogP contribution in [0.4, 0.5) is 0 Å². The van der Waals surface area contributed by atoms with E-state index in [-0.39, 0.29) is 17.4 Å². The smallest absolute Gasteiger partial charge is 0.0522 e. The van der Waals surface area contributed by atoms with Crippen LogP contribution in [-0.4, -0.2) is 32.0 Å². The van der Waals surface area contributed by atoms with Crippen molar-refractivity contribution in [1.29, 1.82) is 0 Å². The number of rotatable bonds is 4. The number of nitrogens with two attached hydrogens (primary N) is 1. The lowest BCUT2D eigenvalue weighted by Crippen LogP contribution is -2.27. The molecule has 0 bridgehead atoms. The van der Waals surface area contributed by atoms with Gasteiger partial charge in [0, 0.05) is 24.5 Å². The Hall–Kier alpha value is -0.120. The largest absolute Gasteiger partial charge is 0.396 e. The van der Waals surface area contributed by atoms with Gasteiger partial charge < -0.3 is 15.6 Å². The molecular formula is C8H17NO2. The Labute approximate surface area is 67.5 Å². The minimum absolute atomic E-state index is 0.0526. The summed E-state index contributed by atoms with van der Waals surface area (Å²) in [7, 11) is 1.68. The van der Waals surface area contributed by atoms with Gasteiger partial charge in [0.05, 0.1) is 13.2 Å². The summed E-state index contributed by atoms with van der Waals surface area (Å²) in [5.41, 5.74) is 5.63. The first-order chi connectivity index (χ1) is 5.14. The molecule has 0 aromatic heterocycles. The molecule has 0 aliphatic heterocycles. The lowest BCUT2D eigenvalue weighted by atomic mass is 9.96. The zero-order valence-electron chi connectivity index (χ0n) is 7.26. The highest BCUT2D eigenvalue weighted by Crippen LogP contribution is 2.62. The number of hydrogen-bond acceptors (Lipinski definition) is 3. The van der Waals surface area contributed by atoms with Gasteiger partial charge in [-0.15, -0.1) is 0 Å². The molecule has 1 aliphatic rings. The number of methoxy groups -OCH3 is 1. The quantitative estimate of drug-likeness (QED) is 0.606. The SMILES string of the molecule is COCC1(C)CC1(CN)CO. The Bertz CT molecular complexity index is 145. The first kappa shape index (κ1) is 8.97.